The molecular formula is C21H23F4N3O. The van der Waals surface area contributed by atoms with Gasteiger partial charge in [-0.25, -0.2) is 4.39 Å². The van der Waals surface area contributed by atoms with E-state index in [1.54, 1.807) is 12.1 Å². The number of amides is 1. The van der Waals surface area contributed by atoms with Crippen LogP contribution in [0.25, 0.3) is 0 Å². The van der Waals surface area contributed by atoms with Gasteiger partial charge in [0.05, 0.1) is 11.3 Å². The Kier molecular flexibility index (Phi) is 6.42. The van der Waals surface area contributed by atoms with Crippen LogP contribution in [-0.2, 0) is 17.4 Å². The molecule has 156 valence electrons. The summed E-state index contributed by atoms with van der Waals surface area (Å²) in [4.78, 5) is 16.2. The van der Waals surface area contributed by atoms with Gasteiger partial charge >= 0.3 is 6.18 Å². The first kappa shape index (κ1) is 21.1. The molecule has 4 nitrogen and oxygen atoms in total. The zero-order valence-electron chi connectivity index (χ0n) is 16.1. The van der Waals surface area contributed by atoms with Gasteiger partial charge in [0.2, 0.25) is 5.91 Å². The van der Waals surface area contributed by atoms with Crippen molar-refractivity contribution >= 4 is 17.3 Å². The number of halogens is 4. The first-order chi connectivity index (χ1) is 13.7. The SMILES string of the molecule is CN1CCN(c2ccc(NC(=O)CCc3cccc(F)c3)c(C(F)(F)F)c2)CC1. The van der Waals surface area contributed by atoms with Gasteiger partial charge in [0.15, 0.2) is 0 Å². The number of benzene rings is 2. The summed E-state index contributed by atoms with van der Waals surface area (Å²) in [6, 6.07) is 9.79. The Balaban J connectivity index is 1.71. The third-order valence-electron chi connectivity index (χ3n) is 4.98. The minimum atomic E-state index is -4.59. The van der Waals surface area contributed by atoms with E-state index in [1.165, 1.54) is 24.3 Å². The number of nitrogens with one attached hydrogen (secondary N) is 1. The van der Waals surface area contributed by atoms with Crippen LogP contribution in [0.1, 0.15) is 17.5 Å². The molecule has 1 N–H and O–H groups in total. The monoisotopic (exact) mass is 409 g/mol. The molecule has 0 aromatic heterocycles. The predicted octanol–water partition coefficient (Wildman–Crippen LogP) is 4.17. The van der Waals surface area contributed by atoms with Crippen molar-refractivity contribution in [3.63, 3.8) is 0 Å². The van der Waals surface area contributed by atoms with E-state index in [1.807, 2.05) is 11.9 Å². The highest BCUT2D eigenvalue weighted by Crippen LogP contribution is 2.37. The summed E-state index contributed by atoms with van der Waals surface area (Å²) >= 11 is 0. The molecule has 0 spiro atoms. The highest BCUT2D eigenvalue weighted by molar-refractivity contribution is 5.92. The molecule has 2 aromatic rings. The van der Waals surface area contributed by atoms with Crippen molar-refractivity contribution in [2.24, 2.45) is 0 Å². The molecule has 1 aliphatic rings. The number of rotatable bonds is 5. The summed E-state index contributed by atoms with van der Waals surface area (Å²) in [5.74, 6) is -0.964. The van der Waals surface area contributed by atoms with Crippen LogP contribution in [0.2, 0.25) is 0 Å². The number of hydrogen-bond acceptors (Lipinski definition) is 3. The maximum atomic E-state index is 13.6. The van der Waals surface area contributed by atoms with Gasteiger partial charge in [-0.05, 0) is 49.4 Å². The van der Waals surface area contributed by atoms with Gasteiger partial charge in [0.1, 0.15) is 5.82 Å². The molecule has 0 bridgehead atoms. The van der Waals surface area contributed by atoms with Crippen molar-refractivity contribution in [2.75, 3.05) is 43.4 Å². The lowest BCUT2D eigenvalue weighted by molar-refractivity contribution is -0.136. The van der Waals surface area contributed by atoms with E-state index < -0.39 is 23.5 Å². The van der Waals surface area contributed by atoms with E-state index in [0.717, 1.165) is 19.2 Å². The molecule has 8 heteroatoms. The summed E-state index contributed by atoms with van der Waals surface area (Å²) in [6.07, 6.45) is -4.39. The Morgan fingerprint density at radius 2 is 1.79 bits per heavy atom. The highest BCUT2D eigenvalue weighted by atomic mass is 19.4. The Labute approximate surface area is 167 Å². The van der Waals surface area contributed by atoms with Gasteiger partial charge in [0.25, 0.3) is 0 Å². The van der Waals surface area contributed by atoms with E-state index in [2.05, 4.69) is 10.2 Å². The Bertz CT molecular complexity index is 861. The van der Waals surface area contributed by atoms with Crippen molar-refractivity contribution in [2.45, 2.75) is 19.0 Å². The van der Waals surface area contributed by atoms with E-state index in [4.69, 9.17) is 0 Å². The molecule has 0 unspecified atom stereocenters. The number of alkyl halides is 3. The number of carbonyl (C=O) groups is 1. The fourth-order valence-electron chi connectivity index (χ4n) is 3.30. The third-order valence-corrected chi connectivity index (χ3v) is 4.98. The van der Waals surface area contributed by atoms with Crippen LogP contribution >= 0.6 is 0 Å². The van der Waals surface area contributed by atoms with Crippen LogP contribution in [0, 0.1) is 5.82 Å². The van der Waals surface area contributed by atoms with Crippen LogP contribution in [0.15, 0.2) is 42.5 Å². The molecule has 2 aromatic carbocycles. The standard InChI is InChI=1S/C21H23F4N3O/c1-27-9-11-28(12-10-27)17-6-7-19(18(14-17)21(23,24)25)26-20(29)8-5-15-3-2-4-16(22)13-15/h2-4,6-7,13-14H,5,8-12H2,1H3,(H,26,29). The number of anilines is 2. The largest absolute Gasteiger partial charge is 0.418 e. The van der Waals surface area contributed by atoms with Crippen molar-refractivity contribution in [3.05, 3.63) is 59.4 Å². The summed E-state index contributed by atoms with van der Waals surface area (Å²) < 4.78 is 54.0. The van der Waals surface area contributed by atoms with Crippen LogP contribution in [-0.4, -0.2) is 44.0 Å². The second-order valence-corrected chi connectivity index (χ2v) is 7.20. The number of piperazine rings is 1. The van der Waals surface area contributed by atoms with E-state index in [-0.39, 0.29) is 18.5 Å². The minimum absolute atomic E-state index is 0.0407. The molecular weight excluding hydrogens is 386 g/mol. The average Bonchev–Trinajstić information content (AvgIpc) is 2.67. The number of hydrogen-bond donors (Lipinski definition) is 1. The number of carbonyl (C=O) groups excluding carboxylic acids is 1. The number of nitrogens with zero attached hydrogens (tertiary/aromatic N) is 2. The van der Waals surface area contributed by atoms with Crippen molar-refractivity contribution in [1.82, 2.24) is 4.90 Å². The zero-order chi connectivity index (χ0) is 21.0. The van der Waals surface area contributed by atoms with Crippen molar-refractivity contribution in [3.8, 4) is 0 Å². The topological polar surface area (TPSA) is 35.6 Å². The first-order valence-corrected chi connectivity index (χ1v) is 9.41. The lowest BCUT2D eigenvalue weighted by Crippen LogP contribution is -2.44. The van der Waals surface area contributed by atoms with Crippen LogP contribution in [0.3, 0.4) is 0 Å². The van der Waals surface area contributed by atoms with Crippen LogP contribution < -0.4 is 10.2 Å². The van der Waals surface area contributed by atoms with Gasteiger partial charge in [-0.1, -0.05) is 12.1 Å². The lowest BCUT2D eigenvalue weighted by Gasteiger charge is -2.34. The maximum Gasteiger partial charge on any atom is 0.418 e. The molecule has 0 saturated carbocycles. The summed E-state index contributed by atoms with van der Waals surface area (Å²) in [7, 11) is 1.97. The number of likely N-dealkylation sites (N-methyl/N-ethyl adjacent to an activating group) is 1. The smallest absolute Gasteiger partial charge is 0.369 e. The molecule has 0 radical (unpaired) electrons. The zero-order valence-corrected chi connectivity index (χ0v) is 16.1. The minimum Gasteiger partial charge on any atom is -0.369 e. The fourth-order valence-corrected chi connectivity index (χ4v) is 3.30. The number of aryl methyl sites for hydroxylation is 1. The molecule has 0 aliphatic carbocycles. The molecule has 29 heavy (non-hydrogen) atoms. The molecule has 1 fully saturated rings. The van der Waals surface area contributed by atoms with Gasteiger partial charge in [-0.3, -0.25) is 4.79 Å². The summed E-state index contributed by atoms with van der Waals surface area (Å²) in [5.41, 5.74) is -0.0301. The summed E-state index contributed by atoms with van der Waals surface area (Å²) in [5, 5.41) is 2.36. The second kappa shape index (κ2) is 8.82. The molecule has 1 saturated heterocycles. The van der Waals surface area contributed by atoms with E-state index in [9.17, 15) is 22.4 Å². The molecule has 3 rings (SSSR count). The van der Waals surface area contributed by atoms with E-state index in [0.29, 0.717) is 24.3 Å². The Morgan fingerprint density at radius 1 is 1.07 bits per heavy atom. The van der Waals surface area contributed by atoms with Gasteiger partial charge < -0.3 is 15.1 Å². The van der Waals surface area contributed by atoms with Crippen LogP contribution in [0.4, 0.5) is 28.9 Å². The van der Waals surface area contributed by atoms with Crippen molar-refractivity contribution < 1.29 is 22.4 Å². The van der Waals surface area contributed by atoms with Gasteiger partial charge in [-0.15, -0.1) is 0 Å². The Morgan fingerprint density at radius 3 is 2.45 bits per heavy atom. The van der Waals surface area contributed by atoms with Gasteiger partial charge in [-0.2, -0.15) is 13.2 Å². The normalized spacial score (nSPS) is 15.4. The molecule has 1 amide bonds. The van der Waals surface area contributed by atoms with Crippen LogP contribution in [0.5, 0.6) is 0 Å². The first-order valence-electron chi connectivity index (χ1n) is 9.41. The second-order valence-electron chi connectivity index (χ2n) is 7.20. The summed E-state index contributed by atoms with van der Waals surface area (Å²) in [6.45, 7) is 2.85. The van der Waals surface area contributed by atoms with Gasteiger partial charge in [0, 0.05) is 38.3 Å². The van der Waals surface area contributed by atoms with E-state index >= 15 is 0 Å². The quantitative estimate of drug-likeness (QED) is 0.753. The fraction of sp³-hybridized carbons (Fsp3) is 0.381. The lowest BCUT2D eigenvalue weighted by atomic mass is 10.1. The molecule has 1 heterocycles. The average molecular weight is 409 g/mol. The van der Waals surface area contributed by atoms with Crippen molar-refractivity contribution in [1.29, 1.82) is 0 Å². The Hall–Kier alpha value is -2.61. The predicted molar refractivity (Wildman–Crippen MR) is 105 cm³/mol. The maximum absolute atomic E-state index is 13.6. The molecule has 0 atom stereocenters. The highest BCUT2D eigenvalue weighted by Gasteiger charge is 2.35. The molecule has 1 aliphatic heterocycles. The third kappa shape index (κ3) is 5.69.